The van der Waals surface area contributed by atoms with E-state index in [9.17, 15) is 4.79 Å². The number of rotatable bonds is 8. The number of nitrogens with one attached hydrogen (secondary N) is 2. The van der Waals surface area contributed by atoms with E-state index in [1.807, 2.05) is 30.3 Å². The third-order valence-electron chi connectivity index (χ3n) is 4.91. The van der Waals surface area contributed by atoms with Crippen LogP contribution >= 0.6 is 11.6 Å². The van der Waals surface area contributed by atoms with Crippen molar-refractivity contribution in [1.29, 1.82) is 0 Å². The molecular weight excluding hydrogens is 378 g/mol. The normalized spacial score (nSPS) is 15.2. The van der Waals surface area contributed by atoms with E-state index in [0.717, 1.165) is 56.2 Å². The van der Waals surface area contributed by atoms with Crippen LogP contribution in [-0.4, -0.2) is 54.1 Å². The molecule has 0 bridgehead atoms. The monoisotopic (exact) mass is 403 g/mol. The molecule has 1 saturated heterocycles. The molecule has 0 radical (unpaired) electrons. The maximum Gasteiger partial charge on any atom is 0.319 e. The molecule has 8 heteroatoms. The lowest BCUT2D eigenvalue weighted by Gasteiger charge is -2.31. The van der Waals surface area contributed by atoms with Crippen LogP contribution in [0.3, 0.4) is 0 Å². The van der Waals surface area contributed by atoms with Gasteiger partial charge in [0.2, 0.25) is 0 Å². The van der Waals surface area contributed by atoms with Crippen LogP contribution in [0.4, 0.5) is 17.3 Å². The fraction of sp³-hybridized carbons (Fsp3) is 0.450. The minimum atomic E-state index is -0.161. The molecule has 0 amide bonds. The molecule has 0 aliphatic carbocycles. The molecule has 0 unspecified atom stereocenters. The Morgan fingerprint density at radius 1 is 1.25 bits per heavy atom. The van der Waals surface area contributed by atoms with E-state index in [2.05, 4.69) is 25.5 Å². The van der Waals surface area contributed by atoms with Gasteiger partial charge in [0.1, 0.15) is 18.0 Å². The van der Waals surface area contributed by atoms with E-state index < -0.39 is 0 Å². The summed E-state index contributed by atoms with van der Waals surface area (Å²) in [4.78, 5) is 22.1. The molecule has 0 saturated carbocycles. The van der Waals surface area contributed by atoms with E-state index in [4.69, 9.17) is 16.3 Å². The number of nitrogens with zero attached hydrogens (tertiary/aromatic N) is 3. The van der Waals surface area contributed by atoms with Crippen LogP contribution in [0.2, 0.25) is 5.02 Å². The van der Waals surface area contributed by atoms with Gasteiger partial charge in [0, 0.05) is 23.3 Å². The lowest BCUT2D eigenvalue weighted by atomic mass is 9.93. The van der Waals surface area contributed by atoms with Crippen LogP contribution in [0.1, 0.15) is 19.3 Å². The maximum atomic E-state index is 11.4. The van der Waals surface area contributed by atoms with E-state index in [-0.39, 0.29) is 5.97 Å². The number of piperidine rings is 1. The molecule has 1 aliphatic heterocycles. The highest BCUT2D eigenvalue weighted by molar-refractivity contribution is 6.30. The summed E-state index contributed by atoms with van der Waals surface area (Å²) in [5, 5.41) is 7.28. The number of hydrogen-bond acceptors (Lipinski definition) is 7. The zero-order valence-electron chi connectivity index (χ0n) is 16.0. The van der Waals surface area contributed by atoms with Gasteiger partial charge in [-0.05, 0) is 56.5 Å². The highest BCUT2D eigenvalue weighted by Crippen LogP contribution is 2.22. The van der Waals surface area contributed by atoms with Gasteiger partial charge in [-0.15, -0.1) is 0 Å². The zero-order valence-corrected chi connectivity index (χ0v) is 16.8. The Kier molecular flexibility index (Phi) is 7.45. The van der Waals surface area contributed by atoms with Gasteiger partial charge >= 0.3 is 5.97 Å². The van der Waals surface area contributed by atoms with Gasteiger partial charge in [0.05, 0.1) is 13.7 Å². The third-order valence-corrected chi connectivity index (χ3v) is 5.15. The summed E-state index contributed by atoms with van der Waals surface area (Å²) in [6, 6.07) is 9.40. The van der Waals surface area contributed by atoms with Crippen molar-refractivity contribution in [2.45, 2.75) is 19.3 Å². The Morgan fingerprint density at radius 3 is 2.79 bits per heavy atom. The Bertz CT molecular complexity index is 781. The highest BCUT2D eigenvalue weighted by atomic mass is 35.5. The van der Waals surface area contributed by atoms with Crippen LogP contribution in [0.25, 0.3) is 0 Å². The molecule has 1 aliphatic rings. The standard InChI is InChI=1S/C20H26ClN5O2/c1-28-20(27)13-26-9-6-15(7-10-26)5-8-22-18-12-19(24-14-23-18)25-17-4-2-3-16(21)11-17/h2-4,11-12,14-15H,5-10,13H2,1H3,(H2,22,23,24,25). The molecule has 2 aromatic rings. The smallest absolute Gasteiger partial charge is 0.319 e. The molecule has 1 aromatic carbocycles. The van der Waals surface area contributed by atoms with Crippen molar-refractivity contribution in [3.05, 3.63) is 41.7 Å². The number of likely N-dealkylation sites (tertiary alicyclic amines) is 1. The predicted molar refractivity (Wildman–Crippen MR) is 111 cm³/mol. The minimum absolute atomic E-state index is 0.161. The second-order valence-electron chi connectivity index (χ2n) is 6.93. The summed E-state index contributed by atoms with van der Waals surface area (Å²) in [7, 11) is 1.43. The summed E-state index contributed by atoms with van der Waals surface area (Å²) in [6.45, 7) is 3.14. The molecule has 150 valence electrons. The van der Waals surface area contributed by atoms with Gasteiger partial charge in [-0.3, -0.25) is 9.69 Å². The van der Waals surface area contributed by atoms with E-state index in [0.29, 0.717) is 17.5 Å². The largest absolute Gasteiger partial charge is 0.468 e. The third kappa shape index (κ3) is 6.35. The van der Waals surface area contributed by atoms with Crippen LogP contribution in [-0.2, 0) is 9.53 Å². The number of benzene rings is 1. The molecule has 28 heavy (non-hydrogen) atoms. The average Bonchev–Trinajstić information content (AvgIpc) is 2.69. The molecule has 3 rings (SSSR count). The summed E-state index contributed by atoms with van der Waals surface area (Å²) >= 11 is 6.01. The fourth-order valence-corrected chi connectivity index (χ4v) is 3.51. The topological polar surface area (TPSA) is 79.4 Å². The molecule has 0 atom stereocenters. The number of carbonyl (C=O) groups excluding carboxylic acids is 1. The van der Waals surface area contributed by atoms with E-state index >= 15 is 0 Å². The van der Waals surface area contributed by atoms with Crippen LogP contribution in [0.5, 0.6) is 0 Å². The number of hydrogen-bond donors (Lipinski definition) is 2. The van der Waals surface area contributed by atoms with Gasteiger partial charge in [0.15, 0.2) is 0 Å². The van der Waals surface area contributed by atoms with Crippen LogP contribution in [0.15, 0.2) is 36.7 Å². The van der Waals surface area contributed by atoms with E-state index in [1.165, 1.54) is 7.11 Å². The summed E-state index contributed by atoms with van der Waals surface area (Å²) < 4.78 is 4.73. The Morgan fingerprint density at radius 2 is 2.04 bits per heavy atom. The van der Waals surface area contributed by atoms with Crippen molar-refractivity contribution in [2.24, 2.45) is 5.92 Å². The van der Waals surface area contributed by atoms with Gasteiger partial charge in [-0.1, -0.05) is 17.7 Å². The van der Waals surface area contributed by atoms with Gasteiger partial charge in [0.25, 0.3) is 0 Å². The van der Waals surface area contributed by atoms with E-state index in [1.54, 1.807) is 6.33 Å². The van der Waals surface area contributed by atoms with Gasteiger partial charge in [-0.25, -0.2) is 9.97 Å². The quantitative estimate of drug-likeness (QED) is 0.652. The number of aromatic nitrogens is 2. The lowest BCUT2D eigenvalue weighted by molar-refractivity contribution is -0.142. The van der Waals surface area contributed by atoms with Crippen LogP contribution < -0.4 is 10.6 Å². The molecular formula is C20H26ClN5O2. The SMILES string of the molecule is COC(=O)CN1CCC(CCNc2cc(Nc3cccc(Cl)c3)ncn2)CC1. The Hall–Kier alpha value is -2.38. The first-order valence-corrected chi connectivity index (χ1v) is 9.88. The van der Waals surface area contributed by atoms with Gasteiger partial charge in [-0.2, -0.15) is 0 Å². The summed E-state index contributed by atoms with van der Waals surface area (Å²) in [6.07, 6.45) is 4.82. The predicted octanol–water partition coefficient (Wildman–Crippen LogP) is 3.56. The number of esters is 1. The first-order valence-electron chi connectivity index (χ1n) is 9.50. The Balaban J connectivity index is 1.41. The molecule has 1 aromatic heterocycles. The summed E-state index contributed by atoms with van der Waals surface area (Å²) in [5.74, 6) is 2.01. The Labute approximate surface area is 170 Å². The molecule has 0 spiro atoms. The first kappa shape index (κ1) is 20.4. The second kappa shape index (κ2) is 10.2. The average molecular weight is 404 g/mol. The first-order chi connectivity index (χ1) is 13.6. The van der Waals surface area contributed by atoms with Crippen molar-refractivity contribution in [3.8, 4) is 0 Å². The lowest BCUT2D eigenvalue weighted by Crippen LogP contribution is -2.38. The second-order valence-corrected chi connectivity index (χ2v) is 7.37. The molecule has 7 nitrogen and oxygen atoms in total. The zero-order chi connectivity index (χ0) is 19.8. The minimum Gasteiger partial charge on any atom is -0.468 e. The van der Waals surface area contributed by atoms with Crippen molar-refractivity contribution >= 4 is 34.9 Å². The van der Waals surface area contributed by atoms with Crippen LogP contribution in [0, 0.1) is 5.92 Å². The van der Waals surface area contributed by atoms with Crippen molar-refractivity contribution in [3.63, 3.8) is 0 Å². The number of carbonyl (C=O) groups is 1. The van der Waals surface area contributed by atoms with Crippen molar-refractivity contribution in [2.75, 3.05) is 43.9 Å². The van der Waals surface area contributed by atoms with Crippen molar-refractivity contribution in [1.82, 2.24) is 14.9 Å². The highest BCUT2D eigenvalue weighted by Gasteiger charge is 2.20. The molecule has 2 N–H and O–H groups in total. The number of methoxy groups -OCH3 is 1. The number of ether oxygens (including phenoxy) is 1. The molecule has 2 heterocycles. The van der Waals surface area contributed by atoms with Crippen molar-refractivity contribution < 1.29 is 9.53 Å². The number of halogens is 1. The molecule has 1 fully saturated rings. The number of anilines is 3. The fourth-order valence-electron chi connectivity index (χ4n) is 3.32. The maximum absolute atomic E-state index is 11.4. The van der Waals surface area contributed by atoms with Gasteiger partial charge < -0.3 is 15.4 Å². The summed E-state index contributed by atoms with van der Waals surface area (Å²) in [5.41, 5.74) is 0.885.